The minimum absolute atomic E-state index is 0.00449. The molecular formula is C21H32FNO3S. The van der Waals surface area contributed by atoms with Crippen molar-refractivity contribution in [3.63, 3.8) is 0 Å². The van der Waals surface area contributed by atoms with E-state index in [1.54, 1.807) is 6.92 Å². The van der Waals surface area contributed by atoms with Gasteiger partial charge >= 0.3 is 0 Å². The average molecular weight is 398 g/mol. The van der Waals surface area contributed by atoms with Crippen molar-refractivity contribution in [2.24, 2.45) is 11.3 Å². The Hall–Kier alpha value is -1.40. The third kappa shape index (κ3) is 8.01. The molecule has 1 N–H and O–H groups in total. The molecule has 0 aromatic heterocycles. The second kappa shape index (κ2) is 9.20. The van der Waals surface area contributed by atoms with E-state index in [1.165, 1.54) is 12.1 Å². The molecule has 0 saturated heterocycles. The van der Waals surface area contributed by atoms with Gasteiger partial charge in [0.25, 0.3) is 0 Å². The number of benzene rings is 1. The molecule has 0 amide bonds. The van der Waals surface area contributed by atoms with Gasteiger partial charge in [-0.1, -0.05) is 32.9 Å². The molecule has 4 nitrogen and oxygen atoms in total. The van der Waals surface area contributed by atoms with Gasteiger partial charge in [-0.15, -0.1) is 0 Å². The second-order valence-electron chi connectivity index (χ2n) is 8.64. The van der Waals surface area contributed by atoms with E-state index in [0.29, 0.717) is 17.9 Å². The number of nitrogens with one attached hydrogen (secondary N) is 1. The SMILES string of the molecule is C[C@@H](/C=C/CCCC(C)(C)C)NS(=O)(=O)c1ccc(F)c(OCC2CC2)c1. The fourth-order valence-corrected chi connectivity index (χ4v) is 3.87. The number of unbranched alkanes of at least 4 members (excludes halogenated alkanes) is 1. The molecule has 1 aromatic rings. The Bertz CT molecular complexity index is 749. The molecular weight excluding hydrogens is 365 g/mol. The third-order valence-corrected chi connectivity index (χ3v) is 6.00. The predicted molar refractivity (Wildman–Crippen MR) is 107 cm³/mol. The third-order valence-electron chi connectivity index (χ3n) is 4.45. The molecule has 6 heteroatoms. The average Bonchev–Trinajstić information content (AvgIpc) is 3.36. The first-order valence-electron chi connectivity index (χ1n) is 9.68. The van der Waals surface area contributed by atoms with Crippen LogP contribution in [0.1, 0.15) is 59.8 Å². The van der Waals surface area contributed by atoms with E-state index >= 15 is 0 Å². The van der Waals surface area contributed by atoms with Crippen LogP contribution in [-0.2, 0) is 10.0 Å². The summed E-state index contributed by atoms with van der Waals surface area (Å²) in [7, 11) is -3.74. The summed E-state index contributed by atoms with van der Waals surface area (Å²) in [6.45, 7) is 8.84. The maximum atomic E-state index is 13.9. The second-order valence-corrected chi connectivity index (χ2v) is 10.4. The first-order valence-corrected chi connectivity index (χ1v) is 11.2. The Morgan fingerprint density at radius 1 is 1.33 bits per heavy atom. The van der Waals surface area contributed by atoms with Gasteiger partial charge in [-0.05, 0) is 62.5 Å². The Kier molecular flexibility index (Phi) is 7.46. The van der Waals surface area contributed by atoms with Crippen LogP contribution < -0.4 is 9.46 Å². The molecule has 1 aliphatic rings. The summed E-state index contributed by atoms with van der Waals surface area (Å²) in [5.41, 5.74) is 0.308. The van der Waals surface area contributed by atoms with E-state index in [2.05, 4.69) is 25.5 Å². The lowest BCUT2D eigenvalue weighted by molar-refractivity contribution is 0.284. The predicted octanol–water partition coefficient (Wildman–Crippen LogP) is 5.05. The van der Waals surface area contributed by atoms with Crippen LogP contribution in [0.25, 0.3) is 0 Å². The molecule has 1 aromatic carbocycles. The first-order chi connectivity index (χ1) is 12.6. The van der Waals surface area contributed by atoms with E-state index in [-0.39, 0.29) is 16.7 Å². The Morgan fingerprint density at radius 2 is 2.04 bits per heavy atom. The molecule has 1 atom stereocenters. The van der Waals surface area contributed by atoms with Gasteiger partial charge in [0.1, 0.15) is 0 Å². The zero-order valence-corrected chi connectivity index (χ0v) is 17.6. The van der Waals surface area contributed by atoms with Gasteiger partial charge < -0.3 is 4.74 Å². The van der Waals surface area contributed by atoms with Gasteiger partial charge in [0.15, 0.2) is 11.6 Å². The van der Waals surface area contributed by atoms with Gasteiger partial charge in [0.2, 0.25) is 10.0 Å². The molecule has 1 saturated carbocycles. The minimum Gasteiger partial charge on any atom is -0.490 e. The molecule has 152 valence electrons. The van der Waals surface area contributed by atoms with Crippen LogP contribution >= 0.6 is 0 Å². The zero-order chi connectivity index (χ0) is 20.1. The maximum Gasteiger partial charge on any atom is 0.241 e. The summed E-state index contributed by atoms with van der Waals surface area (Å²) in [4.78, 5) is 0.0164. The molecule has 0 spiro atoms. The summed E-state index contributed by atoms with van der Waals surface area (Å²) < 4.78 is 47.0. The number of hydrogen-bond acceptors (Lipinski definition) is 3. The van der Waals surface area contributed by atoms with Crippen LogP contribution in [0.4, 0.5) is 4.39 Å². The van der Waals surface area contributed by atoms with Gasteiger partial charge in [-0.25, -0.2) is 17.5 Å². The van der Waals surface area contributed by atoms with Crippen molar-refractivity contribution in [2.45, 2.75) is 70.7 Å². The summed E-state index contributed by atoms with van der Waals surface area (Å²) >= 11 is 0. The highest BCUT2D eigenvalue weighted by molar-refractivity contribution is 7.89. The van der Waals surface area contributed by atoms with Crippen molar-refractivity contribution in [3.8, 4) is 5.75 Å². The smallest absolute Gasteiger partial charge is 0.241 e. The monoisotopic (exact) mass is 397 g/mol. The van der Waals surface area contributed by atoms with Gasteiger partial charge in [0.05, 0.1) is 11.5 Å². The van der Waals surface area contributed by atoms with E-state index in [1.807, 2.05) is 12.2 Å². The summed E-state index contributed by atoms with van der Waals surface area (Å²) in [5.74, 6) is -0.0808. The molecule has 0 bridgehead atoms. The first kappa shape index (κ1) is 21.9. The molecule has 1 fully saturated rings. The number of ether oxygens (including phenoxy) is 1. The lowest BCUT2D eigenvalue weighted by Gasteiger charge is -2.16. The van der Waals surface area contributed by atoms with Crippen LogP contribution in [0.3, 0.4) is 0 Å². The molecule has 27 heavy (non-hydrogen) atoms. The number of allylic oxidation sites excluding steroid dienone is 1. The van der Waals surface area contributed by atoms with E-state index in [9.17, 15) is 12.8 Å². The molecule has 0 aliphatic heterocycles. The van der Waals surface area contributed by atoms with Crippen molar-refractivity contribution >= 4 is 10.0 Å². The van der Waals surface area contributed by atoms with Crippen molar-refractivity contribution < 1.29 is 17.5 Å². The largest absolute Gasteiger partial charge is 0.490 e. The van der Waals surface area contributed by atoms with Crippen LogP contribution in [0.15, 0.2) is 35.2 Å². The quantitative estimate of drug-likeness (QED) is 0.444. The molecule has 2 rings (SSSR count). The molecule has 0 unspecified atom stereocenters. The Balaban J connectivity index is 1.91. The van der Waals surface area contributed by atoms with Gasteiger partial charge in [-0.2, -0.15) is 0 Å². The maximum absolute atomic E-state index is 13.9. The highest BCUT2D eigenvalue weighted by Gasteiger charge is 2.23. The molecule has 0 heterocycles. The summed E-state index contributed by atoms with van der Waals surface area (Å²) in [6, 6.07) is 3.33. The number of halogens is 1. The number of sulfonamides is 1. The number of rotatable bonds is 10. The zero-order valence-electron chi connectivity index (χ0n) is 16.8. The van der Waals surface area contributed by atoms with Crippen molar-refractivity contribution in [2.75, 3.05) is 6.61 Å². The summed E-state index contributed by atoms with van der Waals surface area (Å²) in [6.07, 6.45) is 9.14. The van der Waals surface area contributed by atoms with Crippen LogP contribution in [0.2, 0.25) is 0 Å². The Morgan fingerprint density at radius 3 is 2.67 bits per heavy atom. The van der Waals surface area contributed by atoms with Crippen molar-refractivity contribution in [3.05, 3.63) is 36.2 Å². The molecule has 0 radical (unpaired) electrons. The van der Waals surface area contributed by atoms with Gasteiger partial charge in [-0.3, -0.25) is 0 Å². The molecule has 1 aliphatic carbocycles. The minimum atomic E-state index is -3.74. The lowest BCUT2D eigenvalue weighted by Crippen LogP contribution is -2.31. The van der Waals surface area contributed by atoms with Crippen LogP contribution in [-0.4, -0.2) is 21.1 Å². The van der Waals surface area contributed by atoms with Crippen LogP contribution in [0, 0.1) is 17.2 Å². The van der Waals surface area contributed by atoms with E-state index in [0.717, 1.165) is 38.2 Å². The van der Waals surface area contributed by atoms with Crippen LogP contribution in [0.5, 0.6) is 5.75 Å². The van der Waals surface area contributed by atoms with Crippen molar-refractivity contribution in [1.29, 1.82) is 0 Å². The van der Waals surface area contributed by atoms with Crippen molar-refractivity contribution in [1.82, 2.24) is 4.72 Å². The normalized spacial score (nSPS) is 16.6. The van der Waals surface area contributed by atoms with E-state index in [4.69, 9.17) is 4.74 Å². The van der Waals surface area contributed by atoms with E-state index < -0.39 is 15.8 Å². The van der Waals surface area contributed by atoms with Gasteiger partial charge in [0, 0.05) is 12.1 Å². The lowest BCUT2D eigenvalue weighted by atomic mass is 9.90. The Labute approximate surface area is 163 Å². The fourth-order valence-electron chi connectivity index (χ4n) is 2.66. The standard InChI is InChI=1S/C21H32FNO3S/c1-16(8-6-5-7-13-21(2,3)4)23-27(24,25)18-11-12-19(22)20(14-18)26-15-17-9-10-17/h6,8,11-12,14,16-17,23H,5,7,9-10,13,15H2,1-4H3/b8-6+/t16-/m0/s1. The fraction of sp³-hybridized carbons (Fsp3) is 0.619. The highest BCUT2D eigenvalue weighted by Crippen LogP contribution is 2.31. The number of hydrogen-bond donors (Lipinski definition) is 1. The topological polar surface area (TPSA) is 55.4 Å². The highest BCUT2D eigenvalue weighted by atomic mass is 32.2. The summed E-state index contributed by atoms with van der Waals surface area (Å²) in [5, 5.41) is 0.